The van der Waals surface area contributed by atoms with Crippen LogP contribution >= 0.6 is 0 Å². The minimum absolute atomic E-state index is 0.240. The number of hydrogen-bond acceptors (Lipinski definition) is 3. The summed E-state index contributed by atoms with van der Waals surface area (Å²) in [6.45, 7) is 6.36. The number of hydrogen-bond donors (Lipinski definition) is 1. The number of rotatable bonds is 8. The van der Waals surface area contributed by atoms with E-state index in [0.29, 0.717) is 30.9 Å². The van der Waals surface area contributed by atoms with Crippen molar-refractivity contribution in [3.63, 3.8) is 0 Å². The first-order chi connectivity index (χ1) is 10.0. The molecule has 0 saturated carbocycles. The molecule has 0 aliphatic carbocycles. The third kappa shape index (κ3) is 4.77. The minimum Gasteiger partial charge on any atom is -0.494 e. The molecule has 1 aromatic rings. The molecule has 0 aliphatic heterocycles. The zero-order chi connectivity index (χ0) is 15.8. The first-order valence-electron chi connectivity index (χ1n) is 7.24. The molecule has 0 heterocycles. The Labute approximate surface area is 125 Å². The van der Waals surface area contributed by atoms with Crippen LogP contribution in [0.5, 0.6) is 5.75 Å². The van der Waals surface area contributed by atoms with Crippen LogP contribution in [0.3, 0.4) is 0 Å². The number of carbonyl (C=O) groups excluding carboxylic acids is 1. The fourth-order valence-electron chi connectivity index (χ4n) is 2.13. The Hall–Kier alpha value is -2.04. The fourth-order valence-corrected chi connectivity index (χ4v) is 2.13. The first kappa shape index (κ1) is 17.0. The lowest BCUT2D eigenvalue weighted by Crippen LogP contribution is -2.38. The molecule has 0 radical (unpaired) electrons. The van der Waals surface area contributed by atoms with Gasteiger partial charge >= 0.3 is 5.97 Å². The Morgan fingerprint density at radius 1 is 1.19 bits per heavy atom. The van der Waals surface area contributed by atoms with Gasteiger partial charge in [-0.1, -0.05) is 26.0 Å². The summed E-state index contributed by atoms with van der Waals surface area (Å²) in [6.07, 6.45) is 1.62. The van der Waals surface area contributed by atoms with Crippen LogP contribution < -0.4 is 4.74 Å². The molecule has 1 amide bonds. The molecule has 1 N–H and O–H groups in total. The molecule has 1 atom stereocenters. The molecule has 0 fully saturated rings. The fraction of sp³-hybridized carbons (Fsp3) is 0.500. The summed E-state index contributed by atoms with van der Waals surface area (Å²) in [7, 11) is 0. The zero-order valence-corrected chi connectivity index (χ0v) is 12.8. The van der Waals surface area contributed by atoms with Crippen LogP contribution in [0.25, 0.3) is 0 Å². The molecule has 1 unspecified atom stereocenters. The molecule has 5 heteroatoms. The van der Waals surface area contributed by atoms with E-state index in [1.165, 1.54) is 11.8 Å². The van der Waals surface area contributed by atoms with Gasteiger partial charge in [-0.05, 0) is 30.5 Å². The van der Waals surface area contributed by atoms with E-state index in [1.807, 2.05) is 13.8 Å². The maximum atomic E-state index is 11.7. The highest BCUT2D eigenvalue weighted by Gasteiger charge is 2.28. The number of carboxylic acids is 1. The number of nitrogens with zero attached hydrogens (tertiary/aromatic N) is 1. The van der Waals surface area contributed by atoms with Crippen molar-refractivity contribution in [2.75, 3.05) is 13.2 Å². The predicted molar refractivity (Wildman–Crippen MR) is 80.3 cm³/mol. The molecule has 0 saturated heterocycles. The molecule has 5 nitrogen and oxygen atoms in total. The van der Waals surface area contributed by atoms with Crippen molar-refractivity contribution in [3.05, 3.63) is 29.8 Å². The van der Waals surface area contributed by atoms with E-state index in [-0.39, 0.29) is 5.91 Å². The highest BCUT2D eigenvalue weighted by molar-refractivity contribution is 5.83. The number of aliphatic carboxylic acids is 1. The number of ether oxygens (including phenoxy) is 1. The van der Waals surface area contributed by atoms with Gasteiger partial charge in [0.1, 0.15) is 5.75 Å². The summed E-state index contributed by atoms with van der Waals surface area (Å²) < 4.78 is 5.48. The van der Waals surface area contributed by atoms with Crippen LogP contribution in [0.4, 0.5) is 0 Å². The number of carboxylic acid groups (broad SMARTS) is 1. The van der Waals surface area contributed by atoms with Crippen molar-refractivity contribution < 1.29 is 19.4 Å². The van der Waals surface area contributed by atoms with Gasteiger partial charge < -0.3 is 14.7 Å². The number of amides is 1. The van der Waals surface area contributed by atoms with Gasteiger partial charge in [0.05, 0.1) is 6.61 Å². The molecule has 21 heavy (non-hydrogen) atoms. The normalized spacial score (nSPS) is 11.8. The van der Waals surface area contributed by atoms with Gasteiger partial charge in [-0.3, -0.25) is 4.79 Å². The molecular formula is C16H23NO4. The van der Waals surface area contributed by atoms with Gasteiger partial charge in [-0.25, -0.2) is 4.79 Å². The van der Waals surface area contributed by atoms with Crippen LogP contribution in [0.15, 0.2) is 24.3 Å². The van der Waals surface area contributed by atoms with E-state index in [2.05, 4.69) is 0 Å². The smallest absolute Gasteiger partial charge is 0.331 e. The van der Waals surface area contributed by atoms with E-state index in [0.717, 1.165) is 6.42 Å². The Morgan fingerprint density at radius 3 is 2.24 bits per heavy atom. The van der Waals surface area contributed by atoms with E-state index >= 15 is 0 Å². The Kier molecular flexibility index (Phi) is 6.72. The molecule has 1 aromatic carbocycles. The van der Waals surface area contributed by atoms with Crippen LogP contribution in [-0.2, 0) is 9.59 Å². The largest absolute Gasteiger partial charge is 0.494 e. The third-order valence-corrected chi connectivity index (χ3v) is 3.08. The monoisotopic (exact) mass is 293 g/mol. The average molecular weight is 293 g/mol. The first-order valence-corrected chi connectivity index (χ1v) is 7.24. The second-order valence-electron chi connectivity index (χ2n) is 4.87. The quantitative estimate of drug-likeness (QED) is 0.800. The van der Waals surface area contributed by atoms with Crippen LogP contribution in [0.2, 0.25) is 0 Å². The lowest BCUT2D eigenvalue weighted by atomic mass is 10.0. The summed E-state index contributed by atoms with van der Waals surface area (Å²) in [5.74, 6) is -0.564. The lowest BCUT2D eigenvalue weighted by molar-refractivity contribution is -0.149. The maximum Gasteiger partial charge on any atom is 0.331 e. The van der Waals surface area contributed by atoms with Crippen LogP contribution in [0.1, 0.15) is 45.2 Å². The predicted octanol–water partition coefficient (Wildman–Crippen LogP) is 2.86. The highest BCUT2D eigenvalue weighted by Crippen LogP contribution is 2.24. The SMILES string of the molecule is CCCOc1ccc(C(C(=O)O)N(CCC)C(C)=O)cc1. The summed E-state index contributed by atoms with van der Waals surface area (Å²) in [4.78, 5) is 24.6. The summed E-state index contributed by atoms with van der Waals surface area (Å²) in [5.41, 5.74) is 0.579. The third-order valence-electron chi connectivity index (χ3n) is 3.08. The molecule has 1 rings (SSSR count). The van der Waals surface area contributed by atoms with Crippen molar-refractivity contribution in [2.24, 2.45) is 0 Å². The van der Waals surface area contributed by atoms with E-state index in [4.69, 9.17) is 4.74 Å². The van der Waals surface area contributed by atoms with Crippen LogP contribution in [0, 0.1) is 0 Å². The number of benzene rings is 1. The van der Waals surface area contributed by atoms with Crippen molar-refractivity contribution >= 4 is 11.9 Å². The number of carbonyl (C=O) groups is 2. The van der Waals surface area contributed by atoms with Crippen molar-refractivity contribution in [1.29, 1.82) is 0 Å². The highest BCUT2D eigenvalue weighted by atomic mass is 16.5. The standard InChI is InChI=1S/C16H23NO4/c1-4-10-17(12(3)18)15(16(19)20)13-6-8-14(9-7-13)21-11-5-2/h6-9,15H,4-5,10-11H2,1-3H3,(H,19,20). The molecule has 0 spiro atoms. The second kappa shape index (κ2) is 8.29. The topological polar surface area (TPSA) is 66.8 Å². The summed E-state index contributed by atoms with van der Waals surface area (Å²) in [6, 6.07) is 5.93. The zero-order valence-electron chi connectivity index (χ0n) is 12.8. The van der Waals surface area contributed by atoms with Gasteiger partial charge in [0.2, 0.25) is 5.91 Å². The van der Waals surface area contributed by atoms with Crippen molar-refractivity contribution in [1.82, 2.24) is 4.90 Å². The van der Waals surface area contributed by atoms with Gasteiger partial charge in [0.25, 0.3) is 0 Å². The van der Waals surface area contributed by atoms with Gasteiger partial charge in [0, 0.05) is 13.5 Å². The minimum atomic E-state index is -1.03. The molecule has 0 aromatic heterocycles. The van der Waals surface area contributed by atoms with E-state index in [9.17, 15) is 14.7 Å². The summed E-state index contributed by atoms with van der Waals surface area (Å²) >= 11 is 0. The van der Waals surface area contributed by atoms with E-state index in [1.54, 1.807) is 24.3 Å². The lowest BCUT2D eigenvalue weighted by Gasteiger charge is -2.28. The van der Waals surface area contributed by atoms with Gasteiger partial charge in [-0.2, -0.15) is 0 Å². The van der Waals surface area contributed by atoms with E-state index < -0.39 is 12.0 Å². The summed E-state index contributed by atoms with van der Waals surface area (Å²) in [5, 5.41) is 9.46. The van der Waals surface area contributed by atoms with Crippen molar-refractivity contribution in [3.8, 4) is 5.75 Å². The average Bonchev–Trinajstić information content (AvgIpc) is 2.45. The van der Waals surface area contributed by atoms with Gasteiger partial charge in [-0.15, -0.1) is 0 Å². The Morgan fingerprint density at radius 2 is 1.81 bits per heavy atom. The maximum absolute atomic E-state index is 11.7. The molecule has 0 bridgehead atoms. The van der Waals surface area contributed by atoms with Gasteiger partial charge in [0.15, 0.2) is 6.04 Å². The second-order valence-corrected chi connectivity index (χ2v) is 4.87. The molecular weight excluding hydrogens is 270 g/mol. The Balaban J connectivity index is 2.99. The molecule has 0 aliphatic rings. The van der Waals surface area contributed by atoms with Crippen LogP contribution in [-0.4, -0.2) is 35.0 Å². The Bertz CT molecular complexity index is 470. The van der Waals surface area contributed by atoms with Crippen molar-refractivity contribution in [2.45, 2.75) is 39.7 Å². The molecule has 116 valence electrons.